The molecule has 0 bridgehead atoms. The Hall–Kier alpha value is -2.56. The van der Waals surface area contributed by atoms with Gasteiger partial charge >= 0.3 is 12.4 Å². The molecule has 27 heavy (non-hydrogen) atoms. The van der Waals surface area contributed by atoms with Crippen molar-refractivity contribution in [2.45, 2.75) is 12.4 Å². The van der Waals surface area contributed by atoms with Crippen molar-refractivity contribution >= 4 is 27.7 Å². The Balaban J connectivity index is 2.25. The molecular formula is C16H9BrF6N2O2. The van der Waals surface area contributed by atoms with Crippen LogP contribution in [0.1, 0.15) is 31.8 Å². The highest BCUT2D eigenvalue weighted by Crippen LogP contribution is 2.36. The van der Waals surface area contributed by atoms with Gasteiger partial charge in [0.1, 0.15) is 0 Å². The summed E-state index contributed by atoms with van der Waals surface area (Å²) in [5.41, 5.74) is -0.385. The monoisotopic (exact) mass is 454 g/mol. The summed E-state index contributed by atoms with van der Waals surface area (Å²) >= 11 is 3.09. The summed E-state index contributed by atoms with van der Waals surface area (Å²) in [7, 11) is 0. The molecule has 0 aromatic heterocycles. The number of halogens is 7. The number of alkyl halides is 6. The molecule has 0 saturated carbocycles. The second kappa shape index (κ2) is 7.59. The number of hydrogen-bond acceptors (Lipinski definition) is 2. The summed E-state index contributed by atoms with van der Waals surface area (Å²) in [6, 6.07) is 6.46. The lowest BCUT2D eigenvalue weighted by Gasteiger charge is -2.14. The summed E-state index contributed by atoms with van der Waals surface area (Å²) in [6.45, 7) is 0. The number of amides is 2. The first-order valence-electron chi connectivity index (χ1n) is 7.04. The first kappa shape index (κ1) is 20.7. The second-order valence-corrected chi connectivity index (χ2v) is 6.04. The second-order valence-electron chi connectivity index (χ2n) is 5.18. The van der Waals surface area contributed by atoms with Crippen LogP contribution in [0.25, 0.3) is 0 Å². The number of carbonyl (C=O) groups is 2. The van der Waals surface area contributed by atoms with E-state index < -0.39 is 40.9 Å². The molecule has 2 rings (SSSR count). The van der Waals surface area contributed by atoms with Crippen molar-refractivity contribution < 1.29 is 35.9 Å². The lowest BCUT2D eigenvalue weighted by atomic mass is 10.0. The SMILES string of the molecule is O=C(NNC(=O)c1ccccc1Br)c1cc(C(F)(F)F)cc(C(F)(F)F)c1. The van der Waals surface area contributed by atoms with E-state index in [9.17, 15) is 35.9 Å². The average Bonchev–Trinajstić information content (AvgIpc) is 2.57. The summed E-state index contributed by atoms with van der Waals surface area (Å²) < 4.78 is 77.2. The molecule has 0 radical (unpaired) electrons. The van der Waals surface area contributed by atoms with E-state index >= 15 is 0 Å². The Morgan fingerprint density at radius 2 is 1.26 bits per heavy atom. The van der Waals surface area contributed by atoms with Crippen LogP contribution in [0.15, 0.2) is 46.9 Å². The van der Waals surface area contributed by atoms with E-state index in [1.54, 1.807) is 11.5 Å². The highest BCUT2D eigenvalue weighted by molar-refractivity contribution is 9.10. The smallest absolute Gasteiger partial charge is 0.267 e. The molecule has 4 nitrogen and oxygen atoms in total. The maximum absolute atomic E-state index is 12.8. The van der Waals surface area contributed by atoms with Gasteiger partial charge < -0.3 is 0 Å². The fourth-order valence-corrected chi connectivity index (χ4v) is 2.45. The van der Waals surface area contributed by atoms with E-state index in [4.69, 9.17) is 0 Å². The molecule has 11 heteroatoms. The molecule has 2 amide bonds. The molecule has 0 aliphatic rings. The van der Waals surface area contributed by atoms with Gasteiger partial charge in [-0.2, -0.15) is 26.3 Å². The van der Waals surface area contributed by atoms with E-state index in [1.165, 1.54) is 18.2 Å². The minimum atomic E-state index is -5.09. The minimum absolute atomic E-state index is 0.0952. The van der Waals surface area contributed by atoms with Crippen molar-refractivity contribution in [1.29, 1.82) is 0 Å². The highest BCUT2D eigenvalue weighted by atomic mass is 79.9. The van der Waals surface area contributed by atoms with E-state index in [-0.39, 0.29) is 23.8 Å². The van der Waals surface area contributed by atoms with Crippen LogP contribution in [0.2, 0.25) is 0 Å². The zero-order valence-electron chi connectivity index (χ0n) is 13.0. The molecule has 0 fully saturated rings. The molecule has 0 saturated heterocycles. The zero-order chi connectivity index (χ0) is 20.4. The van der Waals surface area contributed by atoms with Gasteiger partial charge in [-0.05, 0) is 46.3 Å². The Bertz CT molecular complexity index is 848. The van der Waals surface area contributed by atoms with Crippen LogP contribution in [0.4, 0.5) is 26.3 Å². The third-order valence-corrected chi connectivity index (χ3v) is 3.95. The molecule has 2 aromatic rings. The van der Waals surface area contributed by atoms with Crippen LogP contribution >= 0.6 is 15.9 Å². The fourth-order valence-electron chi connectivity index (χ4n) is 1.98. The van der Waals surface area contributed by atoms with Crippen LogP contribution in [-0.4, -0.2) is 11.8 Å². The predicted molar refractivity (Wildman–Crippen MR) is 85.5 cm³/mol. The third kappa shape index (κ3) is 5.22. The topological polar surface area (TPSA) is 58.2 Å². The lowest BCUT2D eigenvalue weighted by molar-refractivity contribution is -0.143. The molecule has 0 spiro atoms. The van der Waals surface area contributed by atoms with Gasteiger partial charge in [-0.1, -0.05) is 12.1 Å². The minimum Gasteiger partial charge on any atom is -0.267 e. The maximum Gasteiger partial charge on any atom is 0.416 e. The average molecular weight is 455 g/mol. The normalized spacial score (nSPS) is 11.8. The lowest BCUT2D eigenvalue weighted by Crippen LogP contribution is -2.41. The molecule has 0 aliphatic heterocycles. The van der Waals surface area contributed by atoms with Gasteiger partial charge in [0.25, 0.3) is 11.8 Å². The van der Waals surface area contributed by atoms with Crippen molar-refractivity contribution in [3.05, 3.63) is 69.2 Å². The third-order valence-electron chi connectivity index (χ3n) is 3.26. The molecule has 0 unspecified atom stereocenters. The van der Waals surface area contributed by atoms with Crippen LogP contribution in [0, 0.1) is 0 Å². The summed E-state index contributed by atoms with van der Waals surface area (Å²) in [5, 5.41) is 0. The number of hydrazine groups is 1. The molecule has 144 valence electrons. The summed E-state index contributed by atoms with van der Waals surface area (Å²) in [6.07, 6.45) is -10.2. The number of carbonyl (C=O) groups excluding carboxylic acids is 2. The van der Waals surface area contributed by atoms with Crippen molar-refractivity contribution in [2.24, 2.45) is 0 Å². The summed E-state index contributed by atoms with van der Waals surface area (Å²) in [5.74, 6) is -2.16. The number of nitrogens with one attached hydrogen (secondary N) is 2. The van der Waals surface area contributed by atoms with Gasteiger partial charge in [0.2, 0.25) is 0 Å². The summed E-state index contributed by atoms with van der Waals surface area (Å²) in [4.78, 5) is 23.9. The Morgan fingerprint density at radius 1 is 0.778 bits per heavy atom. The van der Waals surface area contributed by atoms with E-state index in [0.717, 1.165) is 0 Å². The van der Waals surface area contributed by atoms with Crippen molar-refractivity contribution in [3.63, 3.8) is 0 Å². The van der Waals surface area contributed by atoms with E-state index in [0.29, 0.717) is 4.47 Å². The molecule has 0 heterocycles. The van der Waals surface area contributed by atoms with E-state index in [1.807, 2.05) is 5.43 Å². The first-order valence-corrected chi connectivity index (χ1v) is 7.83. The van der Waals surface area contributed by atoms with Gasteiger partial charge in [0.05, 0.1) is 16.7 Å². The van der Waals surface area contributed by atoms with Gasteiger partial charge in [0.15, 0.2) is 0 Å². The van der Waals surface area contributed by atoms with Gasteiger partial charge in [0, 0.05) is 10.0 Å². The molecule has 0 atom stereocenters. The Morgan fingerprint density at radius 3 is 1.74 bits per heavy atom. The van der Waals surface area contributed by atoms with Gasteiger partial charge in [-0.3, -0.25) is 20.4 Å². The van der Waals surface area contributed by atoms with Crippen molar-refractivity contribution in [1.82, 2.24) is 10.9 Å². The zero-order valence-corrected chi connectivity index (χ0v) is 14.6. The van der Waals surface area contributed by atoms with Gasteiger partial charge in [-0.25, -0.2) is 0 Å². The number of rotatable bonds is 2. The molecule has 2 aromatic carbocycles. The standard InChI is InChI=1S/C16H9BrF6N2O2/c17-12-4-2-1-3-11(12)14(27)25-24-13(26)8-5-9(15(18,19)20)7-10(6-8)16(21,22)23/h1-7H,(H,24,26)(H,25,27). The van der Waals surface area contributed by atoms with Crippen LogP contribution < -0.4 is 10.9 Å². The van der Waals surface area contributed by atoms with E-state index in [2.05, 4.69) is 15.9 Å². The molecular weight excluding hydrogens is 446 g/mol. The Kier molecular flexibility index (Phi) is 5.83. The van der Waals surface area contributed by atoms with Gasteiger partial charge in [-0.15, -0.1) is 0 Å². The highest BCUT2D eigenvalue weighted by Gasteiger charge is 2.37. The van der Waals surface area contributed by atoms with Crippen molar-refractivity contribution in [2.75, 3.05) is 0 Å². The van der Waals surface area contributed by atoms with Crippen molar-refractivity contribution in [3.8, 4) is 0 Å². The predicted octanol–water partition coefficient (Wildman–Crippen LogP) is 4.56. The molecule has 2 N–H and O–H groups in total. The quantitative estimate of drug-likeness (QED) is 0.516. The first-order chi connectivity index (χ1) is 12.4. The van der Waals surface area contributed by atoms with Crippen LogP contribution in [-0.2, 0) is 12.4 Å². The maximum atomic E-state index is 12.8. The number of hydrogen-bond donors (Lipinski definition) is 2. The largest absolute Gasteiger partial charge is 0.416 e. The van der Waals surface area contributed by atoms with Crippen LogP contribution in [0.3, 0.4) is 0 Å². The fraction of sp³-hybridized carbons (Fsp3) is 0.125. The Labute approximate surface area is 156 Å². The van der Waals surface area contributed by atoms with Crippen LogP contribution in [0.5, 0.6) is 0 Å². The number of benzene rings is 2. The molecule has 0 aliphatic carbocycles.